The molecule has 290 valence electrons. The summed E-state index contributed by atoms with van der Waals surface area (Å²) in [6.07, 6.45) is 35.5. The van der Waals surface area contributed by atoms with Crippen molar-refractivity contribution in [3.63, 3.8) is 0 Å². The van der Waals surface area contributed by atoms with Crippen LogP contribution in [0.25, 0.3) is 0 Å². The molecular weight excluding hydrogens is 639 g/mol. The fraction of sp³-hybridized carbons (Fsp3) is 0.872. The fourth-order valence-corrected chi connectivity index (χ4v) is 6.54. The quantitative estimate of drug-likeness (QED) is 0.0242. The van der Waals surface area contributed by atoms with Crippen LogP contribution in [0, 0.1) is 0 Å². The number of carbonyl (C=O) groups excluding carboxylic acids is 1. The van der Waals surface area contributed by atoms with Crippen molar-refractivity contribution in [2.75, 3.05) is 19.8 Å². The number of amides is 1. The Morgan fingerprint density at radius 1 is 0.694 bits per heavy atom. The summed E-state index contributed by atoms with van der Waals surface area (Å²) >= 11 is 0. The predicted molar refractivity (Wildman–Crippen MR) is 204 cm³/mol. The van der Waals surface area contributed by atoms with Crippen LogP contribution in [0.3, 0.4) is 0 Å². The van der Waals surface area contributed by atoms with E-state index in [0.29, 0.717) is 12.8 Å². The highest BCUT2D eigenvalue weighted by Gasteiger charge is 2.27. The average Bonchev–Trinajstić information content (AvgIpc) is 3.07. The molecule has 0 fully saturated rings. The summed E-state index contributed by atoms with van der Waals surface area (Å²) in [7, 11) is -4.40. The standard InChI is InChI=1S/C39H77N2O7P/c1-3-5-7-9-11-13-15-16-17-18-19-21-22-24-26-28-30-36(42)34-39(44)41-37(35-48-49(45,46)47-33-32-40)38(43)31-29-27-25-23-20-14-12-10-8-6-4-2/h20,23,29,31,36-38,42-43H,3-19,21-22,24-28,30,32-35,40H2,1-2H3,(H,41,44)(H,45,46)/b23-20+,31-29+. The van der Waals surface area contributed by atoms with Gasteiger partial charge in [-0.3, -0.25) is 13.8 Å². The van der Waals surface area contributed by atoms with Crippen molar-refractivity contribution in [3.8, 4) is 0 Å². The Bertz CT molecular complexity index is 842. The zero-order chi connectivity index (χ0) is 36.3. The highest BCUT2D eigenvalue weighted by Crippen LogP contribution is 2.43. The molecule has 9 nitrogen and oxygen atoms in total. The Balaban J connectivity index is 4.35. The van der Waals surface area contributed by atoms with E-state index in [-0.39, 0.29) is 19.6 Å². The van der Waals surface area contributed by atoms with Gasteiger partial charge in [0.05, 0.1) is 37.9 Å². The minimum atomic E-state index is -4.40. The second-order valence-corrected chi connectivity index (χ2v) is 15.1. The molecule has 0 aromatic rings. The molecule has 0 heterocycles. The first-order valence-corrected chi connectivity index (χ1v) is 21.5. The second kappa shape index (κ2) is 35.3. The smallest absolute Gasteiger partial charge is 0.393 e. The molecule has 0 bridgehead atoms. The van der Waals surface area contributed by atoms with E-state index in [1.54, 1.807) is 6.08 Å². The van der Waals surface area contributed by atoms with Crippen LogP contribution in [0.2, 0.25) is 0 Å². The third kappa shape index (κ3) is 33.8. The van der Waals surface area contributed by atoms with E-state index in [1.807, 2.05) is 6.08 Å². The van der Waals surface area contributed by atoms with Crippen LogP contribution in [0.5, 0.6) is 0 Å². The van der Waals surface area contributed by atoms with Gasteiger partial charge in [-0.25, -0.2) is 4.57 Å². The number of allylic oxidation sites excluding steroid dienone is 3. The number of phosphoric acid groups is 1. The lowest BCUT2D eigenvalue weighted by Crippen LogP contribution is -2.46. The highest BCUT2D eigenvalue weighted by molar-refractivity contribution is 7.47. The molecule has 0 aromatic heterocycles. The summed E-state index contributed by atoms with van der Waals surface area (Å²) in [5, 5.41) is 23.9. The maximum absolute atomic E-state index is 12.7. The number of nitrogens with one attached hydrogen (secondary N) is 1. The van der Waals surface area contributed by atoms with Crippen molar-refractivity contribution in [1.82, 2.24) is 5.32 Å². The van der Waals surface area contributed by atoms with Gasteiger partial charge >= 0.3 is 7.82 Å². The minimum Gasteiger partial charge on any atom is -0.393 e. The van der Waals surface area contributed by atoms with Crippen LogP contribution >= 0.6 is 7.82 Å². The number of hydrogen-bond donors (Lipinski definition) is 5. The van der Waals surface area contributed by atoms with E-state index in [2.05, 4.69) is 31.3 Å². The SMILES string of the molecule is CCCCCCC/C=C/CC/C=C/C(O)C(COP(=O)(O)OCCN)NC(=O)CC(O)CCCCCCCCCCCCCCCCCC. The number of nitrogens with two attached hydrogens (primary N) is 1. The summed E-state index contributed by atoms with van der Waals surface area (Å²) in [6, 6.07) is -0.993. The molecule has 0 saturated heterocycles. The third-order valence-electron chi connectivity index (χ3n) is 8.83. The molecule has 0 radical (unpaired) electrons. The van der Waals surface area contributed by atoms with Crippen LogP contribution in [-0.4, -0.2) is 59.0 Å². The monoisotopic (exact) mass is 717 g/mol. The van der Waals surface area contributed by atoms with Crippen LogP contribution in [0.15, 0.2) is 24.3 Å². The van der Waals surface area contributed by atoms with Crippen molar-refractivity contribution in [1.29, 1.82) is 0 Å². The van der Waals surface area contributed by atoms with E-state index in [1.165, 1.54) is 116 Å². The van der Waals surface area contributed by atoms with E-state index in [9.17, 15) is 24.5 Å². The Labute approximate surface area is 300 Å². The van der Waals surface area contributed by atoms with Crippen LogP contribution in [-0.2, 0) is 18.4 Å². The van der Waals surface area contributed by atoms with Gasteiger partial charge in [0.15, 0.2) is 0 Å². The third-order valence-corrected chi connectivity index (χ3v) is 9.82. The molecule has 1 amide bonds. The van der Waals surface area contributed by atoms with Gasteiger partial charge in [0.1, 0.15) is 0 Å². The van der Waals surface area contributed by atoms with Crippen LogP contribution < -0.4 is 11.1 Å². The van der Waals surface area contributed by atoms with Crippen LogP contribution in [0.4, 0.5) is 0 Å². The lowest BCUT2D eigenvalue weighted by molar-refractivity contribution is -0.124. The first-order valence-electron chi connectivity index (χ1n) is 20.0. The van der Waals surface area contributed by atoms with Crippen molar-refractivity contribution in [2.24, 2.45) is 5.73 Å². The Morgan fingerprint density at radius 2 is 1.16 bits per heavy atom. The summed E-state index contributed by atoms with van der Waals surface area (Å²) in [5.41, 5.74) is 5.34. The maximum atomic E-state index is 12.7. The molecule has 4 atom stereocenters. The Kier molecular flexibility index (Phi) is 34.6. The summed E-state index contributed by atoms with van der Waals surface area (Å²) in [6.45, 7) is 3.92. The molecular formula is C39H77N2O7P. The van der Waals surface area contributed by atoms with Gasteiger partial charge < -0.3 is 26.2 Å². The first kappa shape index (κ1) is 47.9. The van der Waals surface area contributed by atoms with Gasteiger partial charge in [0, 0.05) is 6.54 Å². The van der Waals surface area contributed by atoms with Gasteiger partial charge in [-0.15, -0.1) is 0 Å². The van der Waals surface area contributed by atoms with Gasteiger partial charge in [-0.2, -0.15) is 0 Å². The predicted octanol–water partition coefficient (Wildman–Crippen LogP) is 9.58. The molecule has 49 heavy (non-hydrogen) atoms. The normalized spacial score (nSPS) is 15.1. The molecule has 10 heteroatoms. The number of carbonyl (C=O) groups is 1. The molecule has 0 aromatic carbocycles. The maximum Gasteiger partial charge on any atom is 0.472 e. The highest BCUT2D eigenvalue weighted by atomic mass is 31.2. The molecule has 0 aliphatic rings. The largest absolute Gasteiger partial charge is 0.472 e. The van der Waals surface area contributed by atoms with Crippen molar-refractivity contribution in [3.05, 3.63) is 24.3 Å². The van der Waals surface area contributed by atoms with E-state index >= 15 is 0 Å². The molecule has 0 spiro atoms. The number of rotatable bonds is 37. The van der Waals surface area contributed by atoms with E-state index < -0.39 is 38.6 Å². The first-order chi connectivity index (χ1) is 23.8. The minimum absolute atomic E-state index is 0.0457. The van der Waals surface area contributed by atoms with Gasteiger partial charge in [0.2, 0.25) is 5.91 Å². The number of phosphoric ester groups is 1. The van der Waals surface area contributed by atoms with Crippen LogP contribution in [0.1, 0.15) is 181 Å². The van der Waals surface area contributed by atoms with E-state index in [4.69, 9.17) is 14.8 Å². The lowest BCUT2D eigenvalue weighted by Gasteiger charge is -2.24. The van der Waals surface area contributed by atoms with E-state index in [0.717, 1.165) is 32.1 Å². The van der Waals surface area contributed by atoms with Gasteiger partial charge in [0.25, 0.3) is 0 Å². The topological polar surface area (TPSA) is 151 Å². The summed E-state index contributed by atoms with van der Waals surface area (Å²) in [4.78, 5) is 22.6. The second-order valence-electron chi connectivity index (χ2n) is 13.7. The van der Waals surface area contributed by atoms with Crippen molar-refractivity contribution < 1.29 is 33.5 Å². The average molecular weight is 717 g/mol. The molecule has 0 aliphatic heterocycles. The van der Waals surface area contributed by atoms with Gasteiger partial charge in [-0.1, -0.05) is 167 Å². The fourth-order valence-electron chi connectivity index (χ4n) is 5.78. The Hall–Kier alpha value is -1.06. The molecule has 4 unspecified atom stereocenters. The number of aliphatic hydroxyl groups excluding tert-OH is 2. The lowest BCUT2D eigenvalue weighted by atomic mass is 10.0. The molecule has 0 rings (SSSR count). The number of hydrogen-bond acceptors (Lipinski definition) is 7. The number of aliphatic hydroxyl groups is 2. The zero-order valence-electron chi connectivity index (χ0n) is 31.5. The summed E-state index contributed by atoms with van der Waals surface area (Å²) < 4.78 is 22.0. The zero-order valence-corrected chi connectivity index (χ0v) is 32.4. The van der Waals surface area contributed by atoms with Crippen molar-refractivity contribution >= 4 is 13.7 Å². The molecule has 6 N–H and O–H groups in total. The van der Waals surface area contributed by atoms with Gasteiger partial charge in [-0.05, 0) is 32.1 Å². The Morgan fingerprint density at radius 3 is 1.69 bits per heavy atom. The molecule has 0 saturated carbocycles. The summed E-state index contributed by atoms with van der Waals surface area (Å²) in [5.74, 6) is -0.456. The molecule has 0 aliphatic carbocycles. The van der Waals surface area contributed by atoms with Crippen molar-refractivity contribution in [2.45, 2.75) is 199 Å². The number of unbranched alkanes of at least 4 members (excludes halogenated alkanes) is 21.